The number of hydrogen-bond acceptors (Lipinski definition) is 4. The zero-order valence-electron chi connectivity index (χ0n) is 10.8. The summed E-state index contributed by atoms with van der Waals surface area (Å²) in [4.78, 5) is 22.5. The molecule has 0 N–H and O–H groups in total. The molecule has 94 valence electrons. The third kappa shape index (κ3) is 5.73. The first-order chi connectivity index (χ1) is 7.29. The highest BCUT2D eigenvalue weighted by Gasteiger charge is 2.33. The van der Waals surface area contributed by atoms with Crippen molar-refractivity contribution < 1.29 is 19.1 Å². The smallest absolute Gasteiger partial charge is 0.350 e. The molecule has 0 fully saturated rings. The topological polar surface area (TPSA) is 52.6 Å². The van der Waals surface area contributed by atoms with Crippen molar-refractivity contribution in [1.82, 2.24) is 0 Å². The summed E-state index contributed by atoms with van der Waals surface area (Å²) in [6.45, 7) is 8.26. The Labute approximate surface area is 97.3 Å². The van der Waals surface area contributed by atoms with Gasteiger partial charge in [0.05, 0.1) is 6.10 Å². The Bertz CT molecular complexity index is 245. The van der Waals surface area contributed by atoms with Crippen LogP contribution in [0.5, 0.6) is 0 Å². The van der Waals surface area contributed by atoms with Crippen molar-refractivity contribution >= 4 is 11.9 Å². The van der Waals surface area contributed by atoms with Crippen LogP contribution < -0.4 is 0 Å². The average molecular weight is 230 g/mol. The second kappa shape index (κ2) is 6.51. The lowest BCUT2D eigenvalue weighted by molar-refractivity contribution is -0.180. The molecule has 0 bridgehead atoms. The molecule has 0 aromatic heterocycles. The number of carbonyl (C=O) groups is 2. The Morgan fingerprint density at radius 2 is 1.88 bits per heavy atom. The molecule has 0 saturated carbocycles. The summed E-state index contributed by atoms with van der Waals surface area (Å²) >= 11 is 0. The minimum Gasteiger partial charge on any atom is -0.460 e. The van der Waals surface area contributed by atoms with Crippen LogP contribution in [0.1, 0.15) is 53.9 Å². The molecule has 0 saturated heterocycles. The van der Waals surface area contributed by atoms with Crippen LogP contribution in [-0.4, -0.2) is 23.6 Å². The molecule has 1 atom stereocenters. The third-order valence-electron chi connectivity index (χ3n) is 2.16. The Morgan fingerprint density at radius 3 is 2.31 bits per heavy atom. The third-order valence-corrected chi connectivity index (χ3v) is 2.16. The minimum atomic E-state index is -1.20. The van der Waals surface area contributed by atoms with E-state index in [1.54, 1.807) is 0 Å². The van der Waals surface area contributed by atoms with Crippen LogP contribution in [0, 0.1) is 0 Å². The predicted molar refractivity (Wildman–Crippen MR) is 60.9 cm³/mol. The molecule has 0 spiro atoms. The Kier molecular flexibility index (Phi) is 6.08. The van der Waals surface area contributed by atoms with E-state index < -0.39 is 17.5 Å². The lowest BCUT2D eigenvalue weighted by Gasteiger charge is -2.24. The highest BCUT2D eigenvalue weighted by molar-refractivity contribution is 5.82. The number of hydrogen-bond donors (Lipinski definition) is 0. The highest BCUT2D eigenvalue weighted by Crippen LogP contribution is 2.15. The zero-order chi connectivity index (χ0) is 12.8. The van der Waals surface area contributed by atoms with Gasteiger partial charge in [-0.25, -0.2) is 4.79 Å². The van der Waals surface area contributed by atoms with Gasteiger partial charge in [-0.1, -0.05) is 19.8 Å². The first kappa shape index (κ1) is 14.9. The molecule has 0 heterocycles. The van der Waals surface area contributed by atoms with Crippen molar-refractivity contribution in [2.45, 2.75) is 65.6 Å². The summed E-state index contributed by atoms with van der Waals surface area (Å²) in [6.07, 6.45) is 2.78. The monoisotopic (exact) mass is 230 g/mol. The number of rotatable bonds is 6. The maximum Gasteiger partial charge on any atom is 0.350 e. The van der Waals surface area contributed by atoms with E-state index in [1.165, 1.54) is 20.8 Å². The van der Waals surface area contributed by atoms with Crippen LogP contribution >= 0.6 is 0 Å². The first-order valence-corrected chi connectivity index (χ1v) is 5.70. The van der Waals surface area contributed by atoms with Crippen LogP contribution in [-0.2, 0) is 19.1 Å². The van der Waals surface area contributed by atoms with Crippen molar-refractivity contribution in [3.05, 3.63) is 0 Å². The largest absolute Gasteiger partial charge is 0.460 e. The summed E-state index contributed by atoms with van der Waals surface area (Å²) in [5.41, 5.74) is -1.20. The maximum absolute atomic E-state index is 11.7. The Balaban J connectivity index is 4.17. The van der Waals surface area contributed by atoms with Crippen LogP contribution in [0.3, 0.4) is 0 Å². The quantitative estimate of drug-likeness (QED) is 0.658. The molecule has 0 aliphatic heterocycles. The molecular weight excluding hydrogens is 208 g/mol. The van der Waals surface area contributed by atoms with Gasteiger partial charge in [-0.3, -0.25) is 4.79 Å². The fourth-order valence-corrected chi connectivity index (χ4v) is 1.28. The summed E-state index contributed by atoms with van der Waals surface area (Å²) in [5.74, 6) is -0.977. The molecule has 0 aromatic rings. The van der Waals surface area contributed by atoms with Gasteiger partial charge < -0.3 is 9.47 Å². The maximum atomic E-state index is 11.7. The first-order valence-electron chi connectivity index (χ1n) is 5.70. The van der Waals surface area contributed by atoms with E-state index in [9.17, 15) is 9.59 Å². The SMILES string of the molecule is CCCCC(C)OC(=O)C(C)(C)OC(C)=O. The Hall–Kier alpha value is -1.06. The van der Waals surface area contributed by atoms with Gasteiger partial charge in [0.25, 0.3) is 0 Å². The van der Waals surface area contributed by atoms with E-state index >= 15 is 0 Å². The highest BCUT2D eigenvalue weighted by atomic mass is 16.6. The van der Waals surface area contributed by atoms with E-state index in [0.29, 0.717) is 0 Å². The van der Waals surface area contributed by atoms with Gasteiger partial charge in [-0.2, -0.15) is 0 Å². The fourth-order valence-electron chi connectivity index (χ4n) is 1.28. The second-order valence-electron chi connectivity index (χ2n) is 4.46. The van der Waals surface area contributed by atoms with Gasteiger partial charge in [0.2, 0.25) is 5.60 Å². The number of ether oxygens (including phenoxy) is 2. The van der Waals surface area contributed by atoms with Crippen LogP contribution in [0.25, 0.3) is 0 Å². The molecule has 0 aliphatic rings. The fraction of sp³-hybridized carbons (Fsp3) is 0.833. The number of unbranched alkanes of at least 4 members (excludes halogenated alkanes) is 1. The van der Waals surface area contributed by atoms with Gasteiger partial charge in [0.1, 0.15) is 0 Å². The molecule has 4 heteroatoms. The molecular formula is C12H22O4. The summed E-state index contributed by atoms with van der Waals surface area (Å²) in [5, 5.41) is 0. The molecule has 0 amide bonds. The molecule has 1 unspecified atom stereocenters. The summed E-state index contributed by atoms with van der Waals surface area (Å²) in [6, 6.07) is 0. The van der Waals surface area contributed by atoms with E-state index in [1.807, 2.05) is 6.92 Å². The van der Waals surface area contributed by atoms with E-state index in [-0.39, 0.29) is 6.10 Å². The van der Waals surface area contributed by atoms with Crippen LogP contribution in [0.15, 0.2) is 0 Å². The molecule has 0 aliphatic carbocycles. The van der Waals surface area contributed by atoms with Crippen molar-refractivity contribution in [3.8, 4) is 0 Å². The van der Waals surface area contributed by atoms with Crippen LogP contribution in [0.4, 0.5) is 0 Å². The summed E-state index contributed by atoms with van der Waals surface area (Å²) < 4.78 is 10.1. The molecule has 0 rings (SSSR count). The van der Waals surface area contributed by atoms with Crippen molar-refractivity contribution in [2.75, 3.05) is 0 Å². The average Bonchev–Trinajstić information content (AvgIpc) is 2.12. The lowest BCUT2D eigenvalue weighted by Crippen LogP contribution is -2.39. The Morgan fingerprint density at radius 1 is 1.31 bits per heavy atom. The van der Waals surface area contributed by atoms with Crippen molar-refractivity contribution in [1.29, 1.82) is 0 Å². The van der Waals surface area contributed by atoms with Crippen LogP contribution in [0.2, 0.25) is 0 Å². The van der Waals surface area contributed by atoms with Gasteiger partial charge in [0, 0.05) is 6.92 Å². The lowest BCUT2D eigenvalue weighted by atomic mass is 10.1. The molecule has 4 nitrogen and oxygen atoms in total. The van der Waals surface area contributed by atoms with Gasteiger partial charge in [-0.15, -0.1) is 0 Å². The van der Waals surface area contributed by atoms with Crippen molar-refractivity contribution in [3.63, 3.8) is 0 Å². The summed E-state index contributed by atoms with van der Waals surface area (Å²) in [7, 11) is 0. The predicted octanol–water partition coefficient (Wildman–Crippen LogP) is 2.45. The zero-order valence-corrected chi connectivity index (χ0v) is 10.8. The second-order valence-corrected chi connectivity index (χ2v) is 4.46. The normalized spacial score (nSPS) is 13.1. The number of esters is 2. The van der Waals surface area contributed by atoms with Gasteiger partial charge in [0.15, 0.2) is 0 Å². The van der Waals surface area contributed by atoms with Gasteiger partial charge in [-0.05, 0) is 27.2 Å². The van der Waals surface area contributed by atoms with E-state index in [2.05, 4.69) is 6.92 Å². The molecule has 16 heavy (non-hydrogen) atoms. The standard InChI is InChI=1S/C12H22O4/c1-6-7-8-9(2)15-11(14)12(4,5)16-10(3)13/h9H,6-8H2,1-5H3. The number of carbonyl (C=O) groups excluding carboxylic acids is 2. The molecule has 0 radical (unpaired) electrons. The molecule has 0 aromatic carbocycles. The van der Waals surface area contributed by atoms with E-state index in [4.69, 9.17) is 9.47 Å². The van der Waals surface area contributed by atoms with Crippen molar-refractivity contribution in [2.24, 2.45) is 0 Å². The van der Waals surface area contributed by atoms with E-state index in [0.717, 1.165) is 19.3 Å². The van der Waals surface area contributed by atoms with Gasteiger partial charge >= 0.3 is 11.9 Å². The minimum absolute atomic E-state index is 0.137.